The minimum atomic E-state index is -0.176. The molecule has 3 heteroatoms. The zero-order chi connectivity index (χ0) is 18.3. The van der Waals surface area contributed by atoms with E-state index < -0.39 is 0 Å². The van der Waals surface area contributed by atoms with Crippen molar-refractivity contribution < 1.29 is 14.3 Å². The molecule has 1 rings (SSSR count). The van der Waals surface area contributed by atoms with Crippen molar-refractivity contribution in [1.82, 2.24) is 0 Å². The van der Waals surface area contributed by atoms with Gasteiger partial charge < -0.3 is 4.74 Å². The maximum atomic E-state index is 12.1. The zero-order valence-electron chi connectivity index (χ0n) is 16.4. The van der Waals surface area contributed by atoms with E-state index in [0.717, 1.165) is 32.1 Å². The number of Topliss-reactive ketones (excluding diaryl/α,β-unsaturated/α-hetero) is 1. The summed E-state index contributed by atoms with van der Waals surface area (Å²) < 4.78 is 5.18. The van der Waals surface area contributed by atoms with Gasteiger partial charge in [-0.05, 0) is 19.3 Å². The fourth-order valence-electron chi connectivity index (χ4n) is 3.32. The first-order valence-corrected chi connectivity index (χ1v) is 10.6. The Morgan fingerprint density at radius 2 is 1.56 bits per heavy atom. The van der Waals surface area contributed by atoms with Crippen LogP contribution >= 0.6 is 0 Å². The Labute approximate surface area is 154 Å². The van der Waals surface area contributed by atoms with Gasteiger partial charge in [0.05, 0.1) is 5.92 Å². The monoisotopic (exact) mass is 350 g/mol. The molecule has 0 spiro atoms. The lowest BCUT2D eigenvalue weighted by molar-refractivity contribution is -0.185. The molecule has 3 nitrogen and oxygen atoms in total. The van der Waals surface area contributed by atoms with Gasteiger partial charge in [-0.3, -0.25) is 9.59 Å². The fourth-order valence-corrected chi connectivity index (χ4v) is 3.32. The number of ether oxygens (including phenoxy) is 1. The van der Waals surface area contributed by atoms with Gasteiger partial charge in [0, 0.05) is 12.8 Å². The number of ketones is 1. The zero-order valence-corrected chi connectivity index (χ0v) is 16.4. The van der Waals surface area contributed by atoms with Gasteiger partial charge in [0.1, 0.15) is 11.9 Å². The maximum Gasteiger partial charge on any atom is 0.313 e. The molecule has 0 radical (unpaired) electrons. The van der Waals surface area contributed by atoms with Gasteiger partial charge in [-0.2, -0.15) is 0 Å². The normalized spacial score (nSPS) is 19.8. The summed E-state index contributed by atoms with van der Waals surface area (Å²) in [5.74, 6) is 0.0187. The highest BCUT2D eigenvalue weighted by Gasteiger charge is 2.42. The van der Waals surface area contributed by atoms with Gasteiger partial charge >= 0.3 is 5.97 Å². The van der Waals surface area contributed by atoms with Crippen LogP contribution in [-0.2, 0) is 14.3 Å². The summed E-state index contributed by atoms with van der Waals surface area (Å²) >= 11 is 0. The molecule has 1 heterocycles. The molecule has 0 saturated carbocycles. The Balaban J connectivity index is 2.03. The number of carbonyl (C=O) groups excluding carboxylic acids is 2. The number of hydrogen-bond donors (Lipinski definition) is 0. The van der Waals surface area contributed by atoms with Crippen LogP contribution in [0.1, 0.15) is 104 Å². The van der Waals surface area contributed by atoms with E-state index in [1.165, 1.54) is 44.9 Å². The van der Waals surface area contributed by atoms with Gasteiger partial charge in [0.2, 0.25) is 0 Å². The van der Waals surface area contributed by atoms with E-state index in [1.807, 2.05) is 0 Å². The average Bonchev–Trinajstić information content (AvgIpc) is 2.59. The van der Waals surface area contributed by atoms with E-state index in [0.29, 0.717) is 12.8 Å². The second-order valence-electron chi connectivity index (χ2n) is 7.40. The molecular formula is C22H38O3. The largest absolute Gasteiger partial charge is 0.461 e. The van der Waals surface area contributed by atoms with Crippen LogP contribution < -0.4 is 0 Å². The molecule has 1 aliphatic heterocycles. The summed E-state index contributed by atoms with van der Waals surface area (Å²) in [4.78, 5) is 23.6. The first-order chi connectivity index (χ1) is 12.2. The third kappa shape index (κ3) is 9.81. The number of carbonyl (C=O) groups is 2. The molecule has 2 atom stereocenters. The Hall–Kier alpha value is -1.12. The van der Waals surface area contributed by atoms with Crippen molar-refractivity contribution in [3.63, 3.8) is 0 Å². The standard InChI is InChI=1S/C22H38O3/c1-3-5-7-9-10-11-12-13-14-16-19(23)18-21-20(22(24)25-21)17-15-8-6-4-2/h8,15,20-21H,3-7,9-14,16-18H2,1-2H3/b15-8+/t20-,21-/m0/s1. The summed E-state index contributed by atoms with van der Waals surface area (Å²) in [5.41, 5.74) is 0. The quantitative estimate of drug-likeness (QED) is 0.190. The molecule has 0 aromatic carbocycles. The maximum absolute atomic E-state index is 12.1. The predicted molar refractivity (Wildman–Crippen MR) is 104 cm³/mol. The van der Waals surface area contributed by atoms with Crippen LogP contribution in [0, 0.1) is 5.92 Å². The Bertz CT molecular complexity index is 400. The molecule has 1 aliphatic rings. The van der Waals surface area contributed by atoms with E-state index in [4.69, 9.17) is 4.74 Å². The number of cyclic esters (lactones) is 1. The van der Waals surface area contributed by atoms with Crippen molar-refractivity contribution >= 4 is 11.8 Å². The number of unbranched alkanes of at least 4 members (excludes halogenated alkanes) is 9. The van der Waals surface area contributed by atoms with Crippen LogP contribution in [0.2, 0.25) is 0 Å². The van der Waals surface area contributed by atoms with E-state index in [1.54, 1.807) is 0 Å². The summed E-state index contributed by atoms with van der Waals surface area (Å²) in [6.07, 6.45) is 19.3. The summed E-state index contributed by atoms with van der Waals surface area (Å²) in [6, 6.07) is 0. The van der Waals surface area contributed by atoms with Crippen molar-refractivity contribution in [2.24, 2.45) is 5.92 Å². The Morgan fingerprint density at radius 3 is 2.16 bits per heavy atom. The van der Waals surface area contributed by atoms with Gasteiger partial charge in [-0.1, -0.05) is 83.8 Å². The van der Waals surface area contributed by atoms with Gasteiger partial charge in [0.25, 0.3) is 0 Å². The highest BCUT2D eigenvalue weighted by molar-refractivity contribution is 5.84. The molecule has 25 heavy (non-hydrogen) atoms. The average molecular weight is 351 g/mol. The van der Waals surface area contributed by atoms with Crippen LogP contribution in [0.25, 0.3) is 0 Å². The Morgan fingerprint density at radius 1 is 0.920 bits per heavy atom. The van der Waals surface area contributed by atoms with Gasteiger partial charge in [0.15, 0.2) is 0 Å². The van der Waals surface area contributed by atoms with Crippen molar-refractivity contribution in [2.45, 2.75) is 110 Å². The molecule has 0 aliphatic carbocycles. The second-order valence-corrected chi connectivity index (χ2v) is 7.40. The molecule has 0 amide bonds. The number of esters is 1. The molecule has 1 saturated heterocycles. The van der Waals surface area contributed by atoms with E-state index in [2.05, 4.69) is 26.0 Å². The van der Waals surface area contributed by atoms with Crippen LogP contribution in [0.15, 0.2) is 12.2 Å². The first kappa shape index (κ1) is 21.9. The molecule has 0 N–H and O–H groups in total. The Kier molecular flexibility index (Phi) is 12.4. The summed E-state index contributed by atoms with van der Waals surface area (Å²) in [5, 5.41) is 0. The van der Waals surface area contributed by atoms with Crippen molar-refractivity contribution in [3.05, 3.63) is 12.2 Å². The second kappa shape index (κ2) is 14.1. The first-order valence-electron chi connectivity index (χ1n) is 10.6. The molecule has 0 bridgehead atoms. The SMILES string of the molecule is CCC/C=C/C[C@@H]1C(=O)O[C@H]1CC(=O)CCCCCCCCCCC. The molecular weight excluding hydrogens is 312 g/mol. The molecule has 144 valence electrons. The van der Waals surface area contributed by atoms with E-state index in [-0.39, 0.29) is 23.8 Å². The third-order valence-electron chi connectivity index (χ3n) is 5.02. The molecule has 0 unspecified atom stereocenters. The highest BCUT2D eigenvalue weighted by atomic mass is 16.6. The third-order valence-corrected chi connectivity index (χ3v) is 5.02. The summed E-state index contributed by atoms with van der Waals surface area (Å²) in [6.45, 7) is 4.38. The summed E-state index contributed by atoms with van der Waals surface area (Å²) in [7, 11) is 0. The number of rotatable bonds is 16. The lowest BCUT2D eigenvalue weighted by Gasteiger charge is -2.34. The van der Waals surface area contributed by atoms with Gasteiger partial charge in [-0.15, -0.1) is 0 Å². The van der Waals surface area contributed by atoms with Crippen LogP contribution in [0.5, 0.6) is 0 Å². The number of allylic oxidation sites excluding steroid dienone is 2. The lowest BCUT2D eigenvalue weighted by Crippen LogP contribution is -2.45. The molecule has 0 aromatic heterocycles. The minimum Gasteiger partial charge on any atom is -0.461 e. The highest BCUT2D eigenvalue weighted by Crippen LogP contribution is 2.29. The van der Waals surface area contributed by atoms with Crippen molar-refractivity contribution in [3.8, 4) is 0 Å². The predicted octanol–water partition coefficient (Wildman–Crippen LogP) is 6.15. The minimum absolute atomic E-state index is 0.0971. The van der Waals surface area contributed by atoms with Gasteiger partial charge in [-0.25, -0.2) is 0 Å². The van der Waals surface area contributed by atoms with Crippen LogP contribution in [0.3, 0.4) is 0 Å². The lowest BCUT2D eigenvalue weighted by atomic mass is 9.88. The van der Waals surface area contributed by atoms with Crippen LogP contribution in [0.4, 0.5) is 0 Å². The number of hydrogen-bond acceptors (Lipinski definition) is 3. The van der Waals surface area contributed by atoms with Crippen molar-refractivity contribution in [1.29, 1.82) is 0 Å². The molecule has 1 fully saturated rings. The molecule has 0 aromatic rings. The van der Waals surface area contributed by atoms with Crippen molar-refractivity contribution in [2.75, 3.05) is 0 Å². The fraction of sp³-hybridized carbons (Fsp3) is 0.818. The topological polar surface area (TPSA) is 43.4 Å². The smallest absolute Gasteiger partial charge is 0.313 e. The van der Waals surface area contributed by atoms with Crippen LogP contribution in [-0.4, -0.2) is 17.9 Å². The van der Waals surface area contributed by atoms with E-state index >= 15 is 0 Å². The van der Waals surface area contributed by atoms with E-state index in [9.17, 15) is 9.59 Å².